The average molecular weight is 349 g/mol. The highest BCUT2D eigenvalue weighted by atomic mass is 19.1. The number of hydrogen-bond donors (Lipinski definition) is 1. The second kappa shape index (κ2) is 8.74. The van der Waals surface area contributed by atoms with Crippen LogP contribution in [0.15, 0.2) is 24.3 Å². The SMILES string of the molecule is C[C@H]1CN(C2CCN(CC(=O)NCc3ccc(F)cc3)CC2)CCO1. The second-order valence-electron chi connectivity index (χ2n) is 7.09. The topological polar surface area (TPSA) is 44.8 Å². The maximum absolute atomic E-state index is 12.9. The summed E-state index contributed by atoms with van der Waals surface area (Å²) >= 11 is 0. The number of ether oxygens (including phenoxy) is 1. The number of nitrogens with one attached hydrogen (secondary N) is 1. The molecule has 0 spiro atoms. The summed E-state index contributed by atoms with van der Waals surface area (Å²) in [7, 11) is 0. The Morgan fingerprint density at radius 2 is 1.96 bits per heavy atom. The van der Waals surface area contributed by atoms with Gasteiger partial charge < -0.3 is 10.1 Å². The van der Waals surface area contributed by atoms with Gasteiger partial charge in [-0.1, -0.05) is 12.1 Å². The Bertz CT molecular complexity index is 558. The Morgan fingerprint density at radius 3 is 2.64 bits per heavy atom. The van der Waals surface area contributed by atoms with Gasteiger partial charge >= 0.3 is 0 Å². The number of benzene rings is 1. The first kappa shape index (κ1) is 18.3. The number of carbonyl (C=O) groups is 1. The average Bonchev–Trinajstić information content (AvgIpc) is 2.62. The van der Waals surface area contributed by atoms with Gasteiger partial charge in [-0.25, -0.2) is 4.39 Å². The maximum Gasteiger partial charge on any atom is 0.234 e. The van der Waals surface area contributed by atoms with E-state index in [2.05, 4.69) is 22.0 Å². The van der Waals surface area contributed by atoms with Crippen LogP contribution < -0.4 is 5.32 Å². The van der Waals surface area contributed by atoms with Crippen LogP contribution in [0.4, 0.5) is 4.39 Å². The number of nitrogens with zero attached hydrogens (tertiary/aromatic N) is 2. The summed E-state index contributed by atoms with van der Waals surface area (Å²) in [5.41, 5.74) is 0.912. The van der Waals surface area contributed by atoms with Crippen LogP contribution in [-0.2, 0) is 16.1 Å². The molecule has 0 aliphatic carbocycles. The molecule has 138 valence electrons. The Morgan fingerprint density at radius 1 is 1.24 bits per heavy atom. The first-order valence-electron chi connectivity index (χ1n) is 9.19. The lowest BCUT2D eigenvalue weighted by atomic mass is 10.0. The molecule has 0 unspecified atom stereocenters. The zero-order valence-corrected chi connectivity index (χ0v) is 14.9. The minimum absolute atomic E-state index is 0.0303. The zero-order chi connectivity index (χ0) is 17.6. The van der Waals surface area contributed by atoms with Crippen molar-refractivity contribution in [3.8, 4) is 0 Å². The van der Waals surface area contributed by atoms with Gasteiger partial charge in [0, 0.05) is 38.8 Å². The van der Waals surface area contributed by atoms with Gasteiger partial charge in [-0.3, -0.25) is 14.6 Å². The fourth-order valence-corrected chi connectivity index (χ4v) is 3.68. The van der Waals surface area contributed by atoms with Crippen LogP contribution in [0.2, 0.25) is 0 Å². The van der Waals surface area contributed by atoms with Crippen molar-refractivity contribution >= 4 is 5.91 Å². The summed E-state index contributed by atoms with van der Waals surface area (Å²) in [6, 6.07) is 6.84. The van der Waals surface area contributed by atoms with Crippen molar-refractivity contribution in [1.82, 2.24) is 15.1 Å². The molecule has 0 radical (unpaired) electrons. The first-order chi connectivity index (χ1) is 12.1. The third-order valence-corrected chi connectivity index (χ3v) is 5.12. The third-order valence-electron chi connectivity index (χ3n) is 5.12. The number of hydrogen-bond acceptors (Lipinski definition) is 4. The number of carbonyl (C=O) groups excluding carboxylic acids is 1. The molecule has 5 nitrogen and oxygen atoms in total. The van der Waals surface area contributed by atoms with Gasteiger partial charge in [-0.05, 0) is 37.5 Å². The molecule has 2 aliphatic rings. The molecule has 1 amide bonds. The van der Waals surface area contributed by atoms with Gasteiger partial charge in [0.25, 0.3) is 0 Å². The number of piperidine rings is 1. The normalized spacial score (nSPS) is 23.5. The lowest BCUT2D eigenvalue weighted by Gasteiger charge is -2.41. The maximum atomic E-state index is 12.9. The highest BCUT2D eigenvalue weighted by Gasteiger charge is 2.28. The molecule has 1 aromatic carbocycles. The van der Waals surface area contributed by atoms with E-state index in [0.29, 0.717) is 25.2 Å². The predicted octanol–water partition coefficient (Wildman–Crippen LogP) is 1.63. The molecule has 25 heavy (non-hydrogen) atoms. The molecule has 1 atom stereocenters. The minimum Gasteiger partial charge on any atom is -0.376 e. The highest BCUT2D eigenvalue weighted by Crippen LogP contribution is 2.19. The summed E-state index contributed by atoms with van der Waals surface area (Å²) in [5, 5.41) is 2.92. The number of rotatable bonds is 5. The van der Waals surface area contributed by atoms with Gasteiger partial charge in [0.2, 0.25) is 5.91 Å². The van der Waals surface area contributed by atoms with Gasteiger partial charge in [0.1, 0.15) is 5.82 Å². The molecule has 0 saturated carbocycles. The van der Waals surface area contributed by atoms with Gasteiger partial charge in [0.05, 0.1) is 19.3 Å². The van der Waals surface area contributed by atoms with E-state index < -0.39 is 0 Å². The fourth-order valence-electron chi connectivity index (χ4n) is 3.68. The summed E-state index contributed by atoms with van der Waals surface area (Å²) in [6.07, 6.45) is 2.54. The van der Waals surface area contributed by atoms with E-state index in [-0.39, 0.29) is 11.7 Å². The van der Waals surface area contributed by atoms with Crippen LogP contribution in [0.3, 0.4) is 0 Å². The fraction of sp³-hybridized carbons (Fsp3) is 0.632. The van der Waals surface area contributed by atoms with E-state index in [9.17, 15) is 9.18 Å². The van der Waals surface area contributed by atoms with Gasteiger partial charge in [0.15, 0.2) is 0 Å². The number of morpholine rings is 1. The van der Waals surface area contributed by atoms with Gasteiger partial charge in [-0.15, -0.1) is 0 Å². The predicted molar refractivity (Wildman–Crippen MR) is 94.7 cm³/mol. The number of amides is 1. The molecule has 2 fully saturated rings. The molecule has 2 heterocycles. The van der Waals surface area contributed by atoms with Crippen LogP contribution in [0.5, 0.6) is 0 Å². The van der Waals surface area contributed by atoms with Crippen LogP contribution in [-0.4, -0.2) is 67.2 Å². The van der Waals surface area contributed by atoms with Crippen molar-refractivity contribution in [2.45, 2.75) is 38.5 Å². The highest BCUT2D eigenvalue weighted by molar-refractivity contribution is 5.78. The van der Waals surface area contributed by atoms with E-state index >= 15 is 0 Å². The second-order valence-corrected chi connectivity index (χ2v) is 7.09. The Hall–Kier alpha value is -1.50. The van der Waals surface area contributed by atoms with E-state index in [1.807, 2.05) is 0 Å². The lowest BCUT2D eigenvalue weighted by Crippen LogP contribution is -2.52. The van der Waals surface area contributed by atoms with Crippen molar-refractivity contribution in [1.29, 1.82) is 0 Å². The van der Waals surface area contributed by atoms with Crippen LogP contribution in [0, 0.1) is 5.82 Å². The van der Waals surface area contributed by atoms with Crippen molar-refractivity contribution < 1.29 is 13.9 Å². The monoisotopic (exact) mass is 349 g/mol. The molecular formula is C19H28FN3O2. The van der Waals surface area contributed by atoms with Crippen LogP contribution >= 0.6 is 0 Å². The van der Waals surface area contributed by atoms with Crippen molar-refractivity contribution in [2.75, 3.05) is 39.3 Å². The molecule has 3 rings (SSSR count). The molecule has 6 heteroatoms. The van der Waals surface area contributed by atoms with Crippen LogP contribution in [0.25, 0.3) is 0 Å². The van der Waals surface area contributed by atoms with Gasteiger partial charge in [-0.2, -0.15) is 0 Å². The van der Waals surface area contributed by atoms with Crippen molar-refractivity contribution in [2.24, 2.45) is 0 Å². The quantitative estimate of drug-likeness (QED) is 0.878. The Labute approximate surface area is 149 Å². The zero-order valence-electron chi connectivity index (χ0n) is 14.9. The van der Waals surface area contributed by atoms with Crippen molar-refractivity contribution in [3.63, 3.8) is 0 Å². The van der Waals surface area contributed by atoms with Crippen molar-refractivity contribution in [3.05, 3.63) is 35.6 Å². The smallest absolute Gasteiger partial charge is 0.234 e. The largest absolute Gasteiger partial charge is 0.376 e. The van der Waals surface area contributed by atoms with E-state index in [4.69, 9.17) is 4.74 Å². The van der Waals surface area contributed by atoms with E-state index in [1.165, 1.54) is 12.1 Å². The third kappa shape index (κ3) is 5.49. The van der Waals surface area contributed by atoms with Crippen LogP contribution in [0.1, 0.15) is 25.3 Å². The Balaban J connectivity index is 1.36. The van der Waals surface area contributed by atoms with E-state index in [1.54, 1.807) is 12.1 Å². The molecule has 2 aliphatic heterocycles. The number of likely N-dealkylation sites (tertiary alicyclic amines) is 1. The molecular weight excluding hydrogens is 321 g/mol. The van der Waals surface area contributed by atoms with E-state index in [0.717, 1.165) is 51.2 Å². The molecule has 0 aromatic heterocycles. The summed E-state index contributed by atoms with van der Waals surface area (Å²) in [4.78, 5) is 16.9. The Kier molecular flexibility index (Phi) is 6.39. The minimum atomic E-state index is -0.257. The summed E-state index contributed by atoms with van der Waals surface area (Å²) < 4.78 is 18.5. The molecule has 1 N–H and O–H groups in total. The standard InChI is InChI=1S/C19H28FN3O2/c1-15-13-23(10-11-25-15)18-6-8-22(9-7-18)14-19(24)21-12-16-2-4-17(20)5-3-16/h2-5,15,18H,6-14H2,1H3,(H,21,24)/t15-/m0/s1. The molecule has 0 bridgehead atoms. The lowest BCUT2D eigenvalue weighted by molar-refractivity contribution is -0.122. The summed E-state index contributed by atoms with van der Waals surface area (Å²) in [6.45, 7) is 7.80. The molecule has 1 aromatic rings. The summed E-state index contributed by atoms with van der Waals surface area (Å²) in [5.74, 6) is -0.227. The first-order valence-corrected chi connectivity index (χ1v) is 9.19. The number of halogens is 1. The molecule has 2 saturated heterocycles.